The van der Waals surface area contributed by atoms with Crippen LogP contribution in [0.3, 0.4) is 0 Å². The van der Waals surface area contributed by atoms with E-state index in [0.717, 1.165) is 25.1 Å². The molecule has 24 heavy (non-hydrogen) atoms. The van der Waals surface area contributed by atoms with Crippen LogP contribution in [0.5, 0.6) is 0 Å². The number of ether oxygens (including phenoxy) is 1. The Kier molecular flexibility index (Phi) is 6.26. The molecule has 1 aliphatic rings. The van der Waals surface area contributed by atoms with Crippen molar-refractivity contribution in [3.05, 3.63) is 34.1 Å². The molecule has 0 radical (unpaired) electrons. The quantitative estimate of drug-likeness (QED) is 0.766. The van der Waals surface area contributed by atoms with Crippen LogP contribution in [0.4, 0.5) is 9.18 Å². The number of carbonyl (C=O) groups is 1. The molecule has 4 nitrogen and oxygen atoms in total. The highest BCUT2D eigenvalue weighted by atomic mass is 79.9. The molecule has 1 aliphatic heterocycles. The van der Waals surface area contributed by atoms with Gasteiger partial charge in [-0.2, -0.15) is 0 Å². The summed E-state index contributed by atoms with van der Waals surface area (Å²) in [6.07, 6.45) is 0.617. The van der Waals surface area contributed by atoms with E-state index >= 15 is 0 Å². The predicted molar refractivity (Wildman–Crippen MR) is 96.6 cm³/mol. The van der Waals surface area contributed by atoms with Crippen LogP contribution in [0.1, 0.15) is 33.3 Å². The molecule has 0 spiro atoms. The molecule has 1 fully saturated rings. The summed E-state index contributed by atoms with van der Waals surface area (Å²) in [5, 5.41) is 0. The van der Waals surface area contributed by atoms with E-state index in [4.69, 9.17) is 4.74 Å². The van der Waals surface area contributed by atoms with Gasteiger partial charge in [-0.1, -0.05) is 6.07 Å². The van der Waals surface area contributed by atoms with Gasteiger partial charge in [0.25, 0.3) is 0 Å². The first-order valence-corrected chi connectivity index (χ1v) is 9.11. The topological polar surface area (TPSA) is 32.8 Å². The fourth-order valence-corrected chi connectivity index (χ4v) is 3.21. The molecule has 6 heteroatoms. The lowest BCUT2D eigenvalue weighted by molar-refractivity contribution is 0.00598. The maximum absolute atomic E-state index is 13.3. The van der Waals surface area contributed by atoms with Gasteiger partial charge in [0.05, 0.1) is 4.47 Å². The zero-order chi connectivity index (χ0) is 17.9. The summed E-state index contributed by atoms with van der Waals surface area (Å²) in [6, 6.07) is 5.41. The van der Waals surface area contributed by atoms with E-state index in [0.29, 0.717) is 17.6 Å². The van der Waals surface area contributed by atoms with E-state index in [1.165, 1.54) is 6.07 Å². The second kappa shape index (κ2) is 7.83. The fraction of sp³-hybridized carbons (Fsp3) is 0.611. The lowest BCUT2D eigenvalue weighted by atomic mass is 10.1. The molecule has 1 atom stereocenters. The fourth-order valence-electron chi connectivity index (χ4n) is 2.79. The molecule has 0 aromatic heterocycles. The number of benzene rings is 1. The molecule has 1 aromatic rings. The maximum Gasteiger partial charge on any atom is 0.410 e. The number of rotatable bonds is 3. The van der Waals surface area contributed by atoms with E-state index in [2.05, 4.69) is 27.8 Å². The van der Waals surface area contributed by atoms with Gasteiger partial charge in [0.2, 0.25) is 0 Å². The summed E-state index contributed by atoms with van der Waals surface area (Å²) in [4.78, 5) is 16.3. The third-order valence-electron chi connectivity index (χ3n) is 4.09. The smallest absolute Gasteiger partial charge is 0.410 e. The minimum absolute atomic E-state index is 0.238. The Morgan fingerprint density at radius 3 is 2.67 bits per heavy atom. The Bertz CT molecular complexity index is 589. The Balaban J connectivity index is 1.85. The summed E-state index contributed by atoms with van der Waals surface area (Å²) in [5.74, 6) is -0.238. The summed E-state index contributed by atoms with van der Waals surface area (Å²) in [6.45, 7) is 10.8. The third-order valence-corrected chi connectivity index (χ3v) is 4.70. The van der Waals surface area contributed by atoms with Crippen molar-refractivity contribution < 1.29 is 13.9 Å². The van der Waals surface area contributed by atoms with Crippen molar-refractivity contribution in [2.45, 2.75) is 45.8 Å². The molecule has 1 aromatic carbocycles. The molecular formula is C18H26BrFN2O2. The normalized spacial score (nSPS) is 19.4. The van der Waals surface area contributed by atoms with Gasteiger partial charge in [-0.15, -0.1) is 0 Å². The van der Waals surface area contributed by atoms with Gasteiger partial charge in [0.15, 0.2) is 0 Å². The standard InChI is InChI=1S/C18H26BrFN2O2/c1-13-12-22(17(23)24-18(2,3)4)10-9-21(13)8-7-14-5-6-16(20)15(19)11-14/h5-6,11,13H,7-10,12H2,1-4H3/t13-/m1/s1. The van der Waals surface area contributed by atoms with E-state index in [1.807, 2.05) is 32.9 Å². The molecule has 2 rings (SSSR count). The molecule has 0 N–H and O–H groups in total. The molecule has 134 valence electrons. The van der Waals surface area contributed by atoms with Crippen LogP contribution in [0.25, 0.3) is 0 Å². The van der Waals surface area contributed by atoms with Crippen molar-refractivity contribution in [3.8, 4) is 0 Å². The molecule has 0 saturated carbocycles. The number of carbonyl (C=O) groups excluding carboxylic acids is 1. The van der Waals surface area contributed by atoms with Crippen molar-refractivity contribution in [1.29, 1.82) is 0 Å². The zero-order valence-electron chi connectivity index (χ0n) is 14.8. The monoisotopic (exact) mass is 400 g/mol. The maximum atomic E-state index is 13.3. The third kappa shape index (κ3) is 5.45. The van der Waals surface area contributed by atoms with Crippen LogP contribution in [-0.2, 0) is 11.2 Å². The molecule has 1 amide bonds. The van der Waals surface area contributed by atoms with Crippen LogP contribution in [-0.4, -0.2) is 53.7 Å². The summed E-state index contributed by atoms with van der Waals surface area (Å²) < 4.78 is 19.2. The number of amides is 1. The number of halogens is 2. The SMILES string of the molecule is C[C@@H]1CN(C(=O)OC(C)(C)C)CCN1CCc1ccc(F)c(Br)c1. The first-order chi connectivity index (χ1) is 11.2. The predicted octanol–water partition coefficient (Wildman–Crippen LogP) is 4.07. The average Bonchev–Trinajstić information content (AvgIpc) is 2.47. The lowest BCUT2D eigenvalue weighted by Crippen LogP contribution is -2.54. The molecule has 0 unspecified atom stereocenters. The van der Waals surface area contributed by atoms with Crippen LogP contribution in [0.15, 0.2) is 22.7 Å². The molecule has 1 heterocycles. The molecule has 0 aliphatic carbocycles. The van der Waals surface area contributed by atoms with Crippen molar-refractivity contribution in [3.63, 3.8) is 0 Å². The van der Waals surface area contributed by atoms with Crippen molar-refractivity contribution in [2.24, 2.45) is 0 Å². The largest absolute Gasteiger partial charge is 0.444 e. The van der Waals surface area contributed by atoms with Crippen LogP contribution in [0.2, 0.25) is 0 Å². The lowest BCUT2D eigenvalue weighted by Gasteiger charge is -2.40. The number of hydrogen-bond acceptors (Lipinski definition) is 3. The van der Waals surface area contributed by atoms with Crippen LogP contribution in [0, 0.1) is 5.82 Å². The molecule has 0 bridgehead atoms. The first kappa shape index (κ1) is 19.2. The van der Waals surface area contributed by atoms with Crippen molar-refractivity contribution in [1.82, 2.24) is 9.80 Å². The van der Waals surface area contributed by atoms with Gasteiger partial charge >= 0.3 is 6.09 Å². The molecule has 1 saturated heterocycles. The van der Waals surface area contributed by atoms with E-state index in [1.54, 1.807) is 4.90 Å². The Hall–Kier alpha value is -1.14. The van der Waals surface area contributed by atoms with E-state index < -0.39 is 5.60 Å². The first-order valence-electron chi connectivity index (χ1n) is 8.31. The number of hydrogen-bond donors (Lipinski definition) is 0. The van der Waals surface area contributed by atoms with Gasteiger partial charge in [0, 0.05) is 32.2 Å². The summed E-state index contributed by atoms with van der Waals surface area (Å²) >= 11 is 3.22. The van der Waals surface area contributed by atoms with Crippen LogP contribution < -0.4 is 0 Å². The van der Waals surface area contributed by atoms with Crippen molar-refractivity contribution in [2.75, 3.05) is 26.2 Å². The number of piperazine rings is 1. The van der Waals surface area contributed by atoms with Crippen LogP contribution >= 0.6 is 15.9 Å². The minimum atomic E-state index is -0.465. The number of nitrogens with zero attached hydrogens (tertiary/aromatic N) is 2. The van der Waals surface area contributed by atoms with Crippen molar-refractivity contribution >= 4 is 22.0 Å². The van der Waals surface area contributed by atoms with Gasteiger partial charge < -0.3 is 9.64 Å². The highest BCUT2D eigenvalue weighted by Gasteiger charge is 2.29. The Morgan fingerprint density at radius 2 is 2.08 bits per heavy atom. The summed E-state index contributed by atoms with van der Waals surface area (Å²) in [7, 11) is 0. The van der Waals surface area contributed by atoms with E-state index in [9.17, 15) is 9.18 Å². The van der Waals surface area contributed by atoms with Gasteiger partial charge in [-0.05, 0) is 67.7 Å². The van der Waals surface area contributed by atoms with Gasteiger partial charge in [-0.25, -0.2) is 9.18 Å². The minimum Gasteiger partial charge on any atom is -0.444 e. The summed E-state index contributed by atoms with van der Waals surface area (Å²) in [5.41, 5.74) is 0.637. The average molecular weight is 401 g/mol. The second-order valence-corrected chi connectivity index (χ2v) is 8.16. The Labute approximate surface area is 152 Å². The second-order valence-electron chi connectivity index (χ2n) is 7.31. The van der Waals surface area contributed by atoms with Gasteiger partial charge in [-0.3, -0.25) is 4.90 Å². The van der Waals surface area contributed by atoms with Gasteiger partial charge in [0.1, 0.15) is 11.4 Å². The Morgan fingerprint density at radius 1 is 1.38 bits per heavy atom. The highest BCUT2D eigenvalue weighted by Crippen LogP contribution is 2.19. The molecular weight excluding hydrogens is 375 g/mol. The van der Waals surface area contributed by atoms with E-state index in [-0.39, 0.29) is 18.0 Å². The zero-order valence-corrected chi connectivity index (χ0v) is 16.4. The highest BCUT2D eigenvalue weighted by molar-refractivity contribution is 9.10.